The van der Waals surface area contributed by atoms with Gasteiger partial charge in [-0.05, 0) is 28.0 Å². The first-order chi connectivity index (χ1) is 9.92. The molecule has 0 radical (unpaired) electrons. The van der Waals surface area contributed by atoms with Crippen molar-refractivity contribution in [2.75, 3.05) is 0 Å². The van der Waals surface area contributed by atoms with Crippen LogP contribution >= 0.6 is 0 Å². The molecular weight excluding hydrogens is 246 g/mol. The first kappa shape index (κ1) is 12.4. The summed E-state index contributed by atoms with van der Waals surface area (Å²) in [6.45, 7) is 0.491. The maximum atomic E-state index is 5.31. The van der Waals surface area contributed by atoms with Gasteiger partial charge in [0.1, 0.15) is 6.61 Å². The minimum Gasteiger partial charge on any atom is -0.391 e. The summed E-state index contributed by atoms with van der Waals surface area (Å²) in [5.41, 5.74) is 2.15. The van der Waals surface area contributed by atoms with Crippen molar-refractivity contribution in [3.63, 3.8) is 0 Å². The van der Waals surface area contributed by atoms with Gasteiger partial charge in [-0.2, -0.15) is 0 Å². The lowest BCUT2D eigenvalue weighted by Gasteiger charge is -2.00. The number of hydrogen-bond acceptors (Lipinski definition) is 2. The lowest BCUT2D eigenvalue weighted by atomic mass is 10.1. The molecule has 0 aliphatic rings. The summed E-state index contributed by atoms with van der Waals surface area (Å²) in [4.78, 5) is 5.31. The molecule has 0 heterocycles. The molecule has 0 atom stereocenters. The number of rotatable bonds is 4. The predicted molar refractivity (Wildman–Crippen MR) is 82.8 cm³/mol. The Morgan fingerprint density at radius 1 is 0.800 bits per heavy atom. The van der Waals surface area contributed by atoms with Crippen LogP contribution in [0.4, 0.5) is 0 Å². The molecule has 3 rings (SSSR count). The average molecular weight is 261 g/mol. The molecule has 2 heteroatoms. The normalized spacial score (nSPS) is 11.0. The highest BCUT2D eigenvalue weighted by atomic mass is 16.6. The Balaban J connectivity index is 1.65. The van der Waals surface area contributed by atoms with E-state index in [-0.39, 0.29) is 0 Å². The quantitative estimate of drug-likeness (QED) is 0.504. The number of hydrogen-bond donors (Lipinski definition) is 0. The summed E-state index contributed by atoms with van der Waals surface area (Å²) >= 11 is 0. The molecule has 0 spiro atoms. The Kier molecular flexibility index (Phi) is 3.74. The van der Waals surface area contributed by atoms with Crippen molar-refractivity contribution < 1.29 is 4.84 Å². The van der Waals surface area contributed by atoms with Crippen molar-refractivity contribution >= 4 is 17.0 Å². The van der Waals surface area contributed by atoms with Gasteiger partial charge < -0.3 is 4.84 Å². The number of benzene rings is 3. The zero-order valence-electron chi connectivity index (χ0n) is 11.1. The van der Waals surface area contributed by atoms with Gasteiger partial charge >= 0.3 is 0 Å². The highest BCUT2D eigenvalue weighted by Gasteiger charge is 1.94. The molecule has 0 saturated heterocycles. The van der Waals surface area contributed by atoms with E-state index < -0.39 is 0 Å². The van der Waals surface area contributed by atoms with Crippen LogP contribution in [0.25, 0.3) is 10.8 Å². The highest BCUT2D eigenvalue weighted by molar-refractivity contribution is 5.90. The molecule has 3 aromatic rings. The van der Waals surface area contributed by atoms with E-state index in [4.69, 9.17) is 4.84 Å². The zero-order chi connectivity index (χ0) is 13.6. The van der Waals surface area contributed by atoms with E-state index in [1.165, 1.54) is 10.8 Å². The Hall–Kier alpha value is -2.61. The third-order valence-corrected chi connectivity index (χ3v) is 3.12. The first-order valence-corrected chi connectivity index (χ1v) is 6.60. The molecule has 2 nitrogen and oxygen atoms in total. The van der Waals surface area contributed by atoms with Crippen molar-refractivity contribution in [2.24, 2.45) is 5.16 Å². The van der Waals surface area contributed by atoms with Crippen LogP contribution in [0.2, 0.25) is 0 Å². The van der Waals surface area contributed by atoms with E-state index in [9.17, 15) is 0 Å². The Morgan fingerprint density at radius 3 is 2.40 bits per heavy atom. The number of nitrogens with zero attached hydrogens (tertiary/aromatic N) is 1. The van der Waals surface area contributed by atoms with Gasteiger partial charge in [-0.15, -0.1) is 0 Å². The van der Waals surface area contributed by atoms with Crippen molar-refractivity contribution in [3.8, 4) is 0 Å². The maximum Gasteiger partial charge on any atom is 0.142 e. The maximum absolute atomic E-state index is 5.31. The molecule has 0 fully saturated rings. The monoisotopic (exact) mass is 261 g/mol. The predicted octanol–water partition coefficient (Wildman–Crippen LogP) is 4.39. The SMILES string of the molecule is C(=N\OCc1ccccc1)/c1ccc2ccccc2c1. The van der Waals surface area contributed by atoms with Crippen LogP contribution in [0.1, 0.15) is 11.1 Å². The molecule has 0 aliphatic carbocycles. The lowest BCUT2D eigenvalue weighted by Crippen LogP contribution is -1.88. The lowest BCUT2D eigenvalue weighted by molar-refractivity contribution is 0.132. The molecular formula is C18H15NO. The van der Waals surface area contributed by atoms with Crippen LogP contribution in [-0.2, 0) is 11.4 Å². The molecule has 98 valence electrons. The Labute approximate surface area is 118 Å². The van der Waals surface area contributed by atoms with Gasteiger partial charge in [0.15, 0.2) is 0 Å². The van der Waals surface area contributed by atoms with E-state index in [2.05, 4.69) is 29.4 Å². The molecule has 0 N–H and O–H groups in total. The van der Waals surface area contributed by atoms with E-state index >= 15 is 0 Å². The Bertz CT molecular complexity index is 720. The number of fused-ring (bicyclic) bond motifs is 1. The van der Waals surface area contributed by atoms with Crippen molar-refractivity contribution in [1.29, 1.82) is 0 Å². The Morgan fingerprint density at radius 2 is 1.55 bits per heavy atom. The molecule has 3 aromatic carbocycles. The standard InChI is InChI=1S/C18H15NO/c1-2-6-15(7-3-1)14-20-19-13-16-10-11-17-8-4-5-9-18(17)12-16/h1-13H,14H2/b19-13+. The zero-order valence-corrected chi connectivity index (χ0v) is 11.1. The summed E-state index contributed by atoms with van der Waals surface area (Å²) in [5.74, 6) is 0. The van der Waals surface area contributed by atoms with Crippen LogP contribution in [0.3, 0.4) is 0 Å². The van der Waals surface area contributed by atoms with Gasteiger partial charge in [0.05, 0.1) is 6.21 Å². The van der Waals surface area contributed by atoms with Gasteiger partial charge in [0.2, 0.25) is 0 Å². The summed E-state index contributed by atoms with van der Waals surface area (Å²) < 4.78 is 0. The molecule has 0 bridgehead atoms. The fourth-order valence-electron chi connectivity index (χ4n) is 2.07. The van der Waals surface area contributed by atoms with E-state index in [0.29, 0.717) is 6.61 Å². The molecule has 0 aliphatic heterocycles. The topological polar surface area (TPSA) is 21.6 Å². The second-order valence-corrected chi connectivity index (χ2v) is 4.60. The summed E-state index contributed by atoms with van der Waals surface area (Å²) in [6, 6.07) is 24.5. The van der Waals surface area contributed by atoms with Crippen molar-refractivity contribution in [1.82, 2.24) is 0 Å². The third-order valence-electron chi connectivity index (χ3n) is 3.12. The fourth-order valence-corrected chi connectivity index (χ4v) is 2.07. The minimum atomic E-state index is 0.491. The fraction of sp³-hybridized carbons (Fsp3) is 0.0556. The minimum absolute atomic E-state index is 0.491. The molecule has 0 amide bonds. The van der Waals surface area contributed by atoms with Crippen LogP contribution < -0.4 is 0 Å². The third kappa shape index (κ3) is 3.04. The molecule has 0 unspecified atom stereocenters. The van der Waals surface area contributed by atoms with Crippen LogP contribution in [-0.4, -0.2) is 6.21 Å². The van der Waals surface area contributed by atoms with Gasteiger partial charge in [0, 0.05) is 0 Å². The largest absolute Gasteiger partial charge is 0.391 e. The molecule has 0 saturated carbocycles. The average Bonchev–Trinajstić information content (AvgIpc) is 2.52. The van der Waals surface area contributed by atoms with Gasteiger partial charge in [-0.25, -0.2) is 0 Å². The van der Waals surface area contributed by atoms with E-state index in [1.807, 2.05) is 48.5 Å². The van der Waals surface area contributed by atoms with Gasteiger partial charge in [0.25, 0.3) is 0 Å². The van der Waals surface area contributed by atoms with Gasteiger partial charge in [-0.3, -0.25) is 0 Å². The highest BCUT2D eigenvalue weighted by Crippen LogP contribution is 2.14. The first-order valence-electron chi connectivity index (χ1n) is 6.60. The molecule has 0 aromatic heterocycles. The molecule has 20 heavy (non-hydrogen) atoms. The van der Waals surface area contributed by atoms with Crippen molar-refractivity contribution in [3.05, 3.63) is 83.9 Å². The summed E-state index contributed by atoms with van der Waals surface area (Å²) in [7, 11) is 0. The number of oxime groups is 1. The van der Waals surface area contributed by atoms with Crippen LogP contribution in [0, 0.1) is 0 Å². The van der Waals surface area contributed by atoms with E-state index in [1.54, 1.807) is 6.21 Å². The van der Waals surface area contributed by atoms with Crippen LogP contribution in [0.5, 0.6) is 0 Å². The summed E-state index contributed by atoms with van der Waals surface area (Å²) in [5, 5.41) is 6.46. The van der Waals surface area contributed by atoms with Crippen molar-refractivity contribution in [2.45, 2.75) is 6.61 Å². The second kappa shape index (κ2) is 6.02. The van der Waals surface area contributed by atoms with Crippen LogP contribution in [0.15, 0.2) is 78.0 Å². The smallest absolute Gasteiger partial charge is 0.142 e. The van der Waals surface area contributed by atoms with Gasteiger partial charge in [-0.1, -0.05) is 71.9 Å². The second-order valence-electron chi connectivity index (χ2n) is 4.60. The summed E-state index contributed by atoms with van der Waals surface area (Å²) in [6.07, 6.45) is 1.75. The van der Waals surface area contributed by atoms with E-state index in [0.717, 1.165) is 11.1 Å².